The number of ether oxygens (including phenoxy) is 2. The van der Waals surface area contributed by atoms with E-state index in [1.54, 1.807) is 11.3 Å². The molecule has 15 heavy (non-hydrogen) atoms. The third kappa shape index (κ3) is 3.55. The van der Waals surface area contributed by atoms with E-state index in [1.807, 2.05) is 30.7 Å². The Balaban J connectivity index is 2.69. The van der Waals surface area contributed by atoms with Crippen LogP contribution in [0.15, 0.2) is 16.8 Å². The zero-order chi connectivity index (χ0) is 11.1. The van der Waals surface area contributed by atoms with Gasteiger partial charge >= 0.3 is 0 Å². The van der Waals surface area contributed by atoms with Crippen molar-refractivity contribution >= 4 is 11.3 Å². The van der Waals surface area contributed by atoms with Crippen LogP contribution in [0.2, 0.25) is 0 Å². The van der Waals surface area contributed by atoms with Gasteiger partial charge in [-0.15, -0.1) is 0 Å². The van der Waals surface area contributed by atoms with Gasteiger partial charge in [0.2, 0.25) is 0 Å². The van der Waals surface area contributed by atoms with Crippen molar-refractivity contribution in [2.75, 3.05) is 13.2 Å². The van der Waals surface area contributed by atoms with E-state index < -0.39 is 0 Å². The third-order valence-electron chi connectivity index (χ3n) is 2.02. The minimum absolute atomic E-state index is 0.115. The fourth-order valence-corrected chi connectivity index (χ4v) is 2.05. The Morgan fingerprint density at radius 3 is 2.47 bits per heavy atom. The molecule has 0 spiro atoms. The highest BCUT2D eigenvalue weighted by Gasteiger charge is 2.23. The summed E-state index contributed by atoms with van der Waals surface area (Å²) in [5, 5.41) is 4.05. The molecule has 1 atom stereocenters. The summed E-state index contributed by atoms with van der Waals surface area (Å²) >= 11 is 1.63. The molecular weight excluding hydrogens is 212 g/mol. The predicted octanol–water partition coefficient (Wildman–Crippen LogP) is 1.65. The molecule has 0 radical (unpaired) electrons. The molecule has 0 amide bonds. The first-order valence-corrected chi connectivity index (χ1v) is 5.99. The first-order valence-electron chi connectivity index (χ1n) is 5.04. The van der Waals surface area contributed by atoms with Crippen LogP contribution in [0.4, 0.5) is 0 Å². The van der Waals surface area contributed by atoms with Crippen molar-refractivity contribution in [1.29, 1.82) is 0 Å². The smallest absolute Gasteiger partial charge is 0.178 e. The first-order chi connectivity index (χ1) is 7.33. The lowest BCUT2D eigenvalue weighted by molar-refractivity contribution is -0.155. The molecule has 0 bridgehead atoms. The number of nitrogens with two attached hydrogens (primary N) is 1. The maximum absolute atomic E-state index is 5.52. The highest BCUT2D eigenvalue weighted by molar-refractivity contribution is 7.07. The molecule has 0 aliphatic heterocycles. The molecule has 0 fully saturated rings. The summed E-state index contributed by atoms with van der Waals surface area (Å²) < 4.78 is 11.0. The zero-order valence-corrected chi connectivity index (χ0v) is 9.92. The fourth-order valence-electron chi connectivity index (χ4n) is 1.35. The molecular formula is C10H18N2O2S. The summed E-state index contributed by atoms with van der Waals surface area (Å²) in [6, 6.07) is 1.90. The van der Waals surface area contributed by atoms with Crippen LogP contribution >= 0.6 is 11.3 Å². The molecule has 3 N–H and O–H groups in total. The van der Waals surface area contributed by atoms with Crippen molar-refractivity contribution in [1.82, 2.24) is 5.43 Å². The van der Waals surface area contributed by atoms with E-state index in [0.717, 1.165) is 5.56 Å². The molecule has 5 heteroatoms. The Bertz CT molecular complexity index is 248. The standard InChI is InChI=1S/C10H18N2O2S/c1-3-13-10(14-4-2)9(12-11)8-5-6-15-7-8/h5-7,9-10,12H,3-4,11H2,1-2H3. The molecule has 1 unspecified atom stereocenters. The molecule has 1 aromatic heterocycles. The number of nitrogens with one attached hydrogen (secondary N) is 1. The van der Waals surface area contributed by atoms with E-state index in [0.29, 0.717) is 13.2 Å². The highest BCUT2D eigenvalue weighted by Crippen LogP contribution is 2.21. The van der Waals surface area contributed by atoms with Crippen molar-refractivity contribution in [2.45, 2.75) is 26.2 Å². The number of rotatable bonds is 7. The summed E-state index contributed by atoms with van der Waals surface area (Å²) in [5.74, 6) is 5.52. The van der Waals surface area contributed by atoms with Gasteiger partial charge in [0.15, 0.2) is 6.29 Å². The summed E-state index contributed by atoms with van der Waals surface area (Å²) in [6.07, 6.45) is -0.334. The SMILES string of the molecule is CCOC(OCC)C(NN)c1ccsc1. The van der Waals surface area contributed by atoms with Gasteiger partial charge in [0.1, 0.15) is 0 Å². The maximum Gasteiger partial charge on any atom is 0.178 e. The van der Waals surface area contributed by atoms with Crippen LogP contribution in [-0.2, 0) is 9.47 Å². The molecule has 0 saturated heterocycles. The van der Waals surface area contributed by atoms with Crippen molar-refractivity contribution in [2.24, 2.45) is 5.84 Å². The molecule has 0 saturated carbocycles. The molecule has 4 nitrogen and oxygen atoms in total. The molecule has 1 rings (SSSR count). The Kier molecular flexibility index (Phi) is 5.82. The molecule has 0 aliphatic rings. The van der Waals surface area contributed by atoms with Crippen LogP contribution < -0.4 is 11.3 Å². The normalized spacial score (nSPS) is 13.3. The van der Waals surface area contributed by atoms with E-state index in [2.05, 4.69) is 5.43 Å². The second-order valence-electron chi connectivity index (χ2n) is 2.98. The van der Waals surface area contributed by atoms with Crippen LogP contribution in [0.25, 0.3) is 0 Å². The molecule has 1 heterocycles. The second-order valence-corrected chi connectivity index (χ2v) is 3.76. The van der Waals surface area contributed by atoms with Gasteiger partial charge in [-0.05, 0) is 36.2 Å². The van der Waals surface area contributed by atoms with E-state index in [9.17, 15) is 0 Å². The minimum atomic E-state index is -0.334. The average Bonchev–Trinajstić information content (AvgIpc) is 2.73. The second kappa shape index (κ2) is 6.92. The van der Waals surface area contributed by atoms with Crippen molar-refractivity contribution in [3.05, 3.63) is 22.4 Å². The van der Waals surface area contributed by atoms with Gasteiger partial charge in [-0.2, -0.15) is 11.3 Å². The topological polar surface area (TPSA) is 56.5 Å². The van der Waals surface area contributed by atoms with Crippen molar-refractivity contribution in [3.63, 3.8) is 0 Å². The van der Waals surface area contributed by atoms with E-state index >= 15 is 0 Å². The minimum Gasteiger partial charge on any atom is -0.351 e. The molecule has 0 aromatic carbocycles. The van der Waals surface area contributed by atoms with Gasteiger partial charge < -0.3 is 9.47 Å². The largest absolute Gasteiger partial charge is 0.351 e. The van der Waals surface area contributed by atoms with Crippen LogP contribution in [-0.4, -0.2) is 19.5 Å². The third-order valence-corrected chi connectivity index (χ3v) is 2.72. The Labute approximate surface area is 94.3 Å². The highest BCUT2D eigenvalue weighted by atomic mass is 32.1. The summed E-state index contributed by atoms with van der Waals surface area (Å²) in [7, 11) is 0. The van der Waals surface area contributed by atoms with Crippen molar-refractivity contribution < 1.29 is 9.47 Å². The lowest BCUT2D eigenvalue weighted by atomic mass is 10.1. The molecule has 86 valence electrons. The summed E-state index contributed by atoms with van der Waals surface area (Å²) in [4.78, 5) is 0. The van der Waals surface area contributed by atoms with Crippen molar-refractivity contribution in [3.8, 4) is 0 Å². The summed E-state index contributed by atoms with van der Waals surface area (Å²) in [5.41, 5.74) is 3.82. The lowest BCUT2D eigenvalue weighted by Gasteiger charge is -2.25. The van der Waals surface area contributed by atoms with E-state index in [1.165, 1.54) is 0 Å². The Hall–Kier alpha value is -0.460. The Morgan fingerprint density at radius 1 is 1.40 bits per heavy atom. The number of hydrazine groups is 1. The van der Waals surface area contributed by atoms with Gasteiger partial charge in [0.25, 0.3) is 0 Å². The predicted molar refractivity (Wildman–Crippen MR) is 61.4 cm³/mol. The fraction of sp³-hybridized carbons (Fsp3) is 0.600. The van der Waals surface area contributed by atoms with Gasteiger partial charge in [-0.1, -0.05) is 0 Å². The number of hydrogen-bond acceptors (Lipinski definition) is 5. The van der Waals surface area contributed by atoms with Gasteiger partial charge in [-0.3, -0.25) is 5.84 Å². The van der Waals surface area contributed by atoms with E-state index in [-0.39, 0.29) is 12.3 Å². The van der Waals surface area contributed by atoms with Gasteiger partial charge in [-0.25, -0.2) is 5.43 Å². The monoisotopic (exact) mass is 230 g/mol. The van der Waals surface area contributed by atoms with Crippen LogP contribution in [0.1, 0.15) is 25.5 Å². The molecule has 0 aliphatic carbocycles. The zero-order valence-electron chi connectivity index (χ0n) is 9.10. The summed E-state index contributed by atoms with van der Waals surface area (Å²) in [6.45, 7) is 5.08. The average molecular weight is 230 g/mol. The quantitative estimate of drug-likeness (QED) is 0.425. The molecule has 1 aromatic rings. The van der Waals surface area contributed by atoms with Gasteiger partial charge in [0.05, 0.1) is 6.04 Å². The van der Waals surface area contributed by atoms with Crippen LogP contribution in [0.3, 0.4) is 0 Å². The van der Waals surface area contributed by atoms with Crippen LogP contribution in [0.5, 0.6) is 0 Å². The number of thiophene rings is 1. The number of hydrogen-bond donors (Lipinski definition) is 2. The lowest BCUT2D eigenvalue weighted by Crippen LogP contribution is -2.39. The van der Waals surface area contributed by atoms with Crippen LogP contribution in [0, 0.1) is 0 Å². The first kappa shape index (κ1) is 12.6. The Morgan fingerprint density at radius 2 is 2.07 bits per heavy atom. The van der Waals surface area contributed by atoms with Gasteiger partial charge in [0, 0.05) is 13.2 Å². The maximum atomic E-state index is 5.52. The van der Waals surface area contributed by atoms with E-state index in [4.69, 9.17) is 15.3 Å².